The maximum absolute atomic E-state index is 13.3. The van der Waals surface area contributed by atoms with E-state index in [1.54, 1.807) is 13.2 Å². The molecule has 0 aromatic heterocycles. The summed E-state index contributed by atoms with van der Waals surface area (Å²) in [5, 5.41) is 3.40. The number of hydrogen-bond acceptors (Lipinski definition) is 3. The van der Waals surface area contributed by atoms with Gasteiger partial charge in [-0.05, 0) is 44.0 Å². The Morgan fingerprint density at radius 3 is 3.00 bits per heavy atom. The van der Waals surface area contributed by atoms with Gasteiger partial charge < -0.3 is 15.0 Å². The molecule has 4 heteroatoms. The van der Waals surface area contributed by atoms with Gasteiger partial charge >= 0.3 is 0 Å². The lowest BCUT2D eigenvalue weighted by Gasteiger charge is -2.29. The van der Waals surface area contributed by atoms with Gasteiger partial charge in [-0.15, -0.1) is 0 Å². The van der Waals surface area contributed by atoms with Crippen LogP contribution >= 0.6 is 0 Å². The third-order valence-electron chi connectivity index (χ3n) is 3.48. The average Bonchev–Trinajstić information content (AvgIpc) is 2.40. The minimum Gasteiger partial charge on any atom is -0.495 e. The largest absolute Gasteiger partial charge is 0.495 e. The van der Waals surface area contributed by atoms with Gasteiger partial charge in [0.25, 0.3) is 0 Å². The summed E-state index contributed by atoms with van der Waals surface area (Å²) in [6, 6.07) is 4.65. The van der Waals surface area contributed by atoms with Gasteiger partial charge in [-0.3, -0.25) is 0 Å². The van der Waals surface area contributed by atoms with Crippen LogP contribution in [0.25, 0.3) is 0 Å². The Morgan fingerprint density at radius 1 is 1.50 bits per heavy atom. The molecule has 2 rings (SSSR count). The summed E-state index contributed by atoms with van der Waals surface area (Å²) in [5.41, 5.74) is 0.822. The van der Waals surface area contributed by atoms with Crippen molar-refractivity contribution in [3.63, 3.8) is 0 Å². The molecule has 1 aromatic carbocycles. The molecule has 1 atom stereocenters. The lowest BCUT2D eigenvalue weighted by molar-refractivity contribution is 0.377. The van der Waals surface area contributed by atoms with E-state index in [4.69, 9.17) is 4.74 Å². The smallest absolute Gasteiger partial charge is 0.142 e. The highest BCUT2D eigenvalue weighted by Gasteiger charge is 2.17. The zero-order valence-corrected chi connectivity index (χ0v) is 11.1. The fraction of sp³-hybridized carbons (Fsp3) is 0.571. The molecule has 3 nitrogen and oxygen atoms in total. The fourth-order valence-electron chi connectivity index (χ4n) is 2.53. The lowest BCUT2D eigenvalue weighted by Crippen LogP contribution is -2.37. The van der Waals surface area contributed by atoms with Crippen molar-refractivity contribution < 1.29 is 9.13 Å². The molecule has 1 saturated heterocycles. The number of piperidine rings is 1. The molecule has 0 saturated carbocycles. The first kappa shape index (κ1) is 13.1. The van der Waals surface area contributed by atoms with Crippen molar-refractivity contribution in [2.45, 2.75) is 12.8 Å². The van der Waals surface area contributed by atoms with Gasteiger partial charge in [0, 0.05) is 19.7 Å². The van der Waals surface area contributed by atoms with Gasteiger partial charge in [-0.1, -0.05) is 0 Å². The Kier molecular flexibility index (Phi) is 4.42. The van der Waals surface area contributed by atoms with Crippen LogP contribution in [0.15, 0.2) is 18.2 Å². The topological polar surface area (TPSA) is 24.5 Å². The minimum atomic E-state index is -0.223. The van der Waals surface area contributed by atoms with Crippen LogP contribution in [0.4, 0.5) is 10.1 Å². The number of nitrogens with one attached hydrogen (secondary N) is 1. The van der Waals surface area contributed by atoms with Crippen molar-refractivity contribution in [1.82, 2.24) is 5.32 Å². The number of nitrogens with zero attached hydrogens (tertiary/aromatic N) is 1. The second-order valence-electron chi connectivity index (χ2n) is 4.91. The lowest BCUT2D eigenvalue weighted by atomic mass is 9.99. The van der Waals surface area contributed by atoms with Crippen molar-refractivity contribution in [2.75, 3.05) is 38.7 Å². The van der Waals surface area contributed by atoms with Crippen molar-refractivity contribution in [3.8, 4) is 5.75 Å². The van der Waals surface area contributed by atoms with E-state index in [9.17, 15) is 4.39 Å². The second kappa shape index (κ2) is 6.05. The molecule has 0 amide bonds. The van der Waals surface area contributed by atoms with Crippen molar-refractivity contribution in [2.24, 2.45) is 5.92 Å². The summed E-state index contributed by atoms with van der Waals surface area (Å²) in [6.45, 7) is 3.08. The van der Waals surface area contributed by atoms with Crippen LogP contribution in [-0.2, 0) is 0 Å². The summed E-state index contributed by atoms with van der Waals surface area (Å²) in [4.78, 5) is 2.08. The zero-order valence-electron chi connectivity index (χ0n) is 11.1. The van der Waals surface area contributed by atoms with Gasteiger partial charge in [0.15, 0.2) is 0 Å². The molecule has 0 aliphatic carbocycles. The molecule has 1 fully saturated rings. The van der Waals surface area contributed by atoms with Gasteiger partial charge in [0.2, 0.25) is 0 Å². The number of benzene rings is 1. The molecule has 1 aliphatic rings. The van der Waals surface area contributed by atoms with Crippen LogP contribution in [0, 0.1) is 11.7 Å². The maximum atomic E-state index is 13.3. The summed E-state index contributed by atoms with van der Waals surface area (Å²) in [6.07, 6.45) is 2.45. The highest BCUT2D eigenvalue weighted by atomic mass is 19.1. The molecule has 0 radical (unpaired) electrons. The average molecular weight is 252 g/mol. The van der Waals surface area contributed by atoms with E-state index in [1.807, 2.05) is 7.05 Å². The van der Waals surface area contributed by atoms with Crippen molar-refractivity contribution in [1.29, 1.82) is 0 Å². The van der Waals surface area contributed by atoms with Crippen molar-refractivity contribution >= 4 is 5.69 Å². The number of halogens is 1. The molecule has 1 unspecified atom stereocenters. The molecule has 1 heterocycles. The van der Waals surface area contributed by atoms with Gasteiger partial charge in [-0.2, -0.15) is 0 Å². The Hall–Kier alpha value is -1.29. The first-order valence-corrected chi connectivity index (χ1v) is 6.46. The Labute approximate surface area is 108 Å². The van der Waals surface area contributed by atoms with E-state index in [2.05, 4.69) is 10.2 Å². The molecular formula is C14H21FN2O. The van der Waals surface area contributed by atoms with E-state index in [0.29, 0.717) is 5.92 Å². The zero-order chi connectivity index (χ0) is 13.0. The van der Waals surface area contributed by atoms with E-state index < -0.39 is 0 Å². The normalized spacial score (nSPS) is 19.6. The van der Waals surface area contributed by atoms with E-state index in [0.717, 1.165) is 31.1 Å². The molecule has 1 N–H and O–H groups in total. The third-order valence-corrected chi connectivity index (χ3v) is 3.48. The monoisotopic (exact) mass is 252 g/mol. The SMILES string of the molecule is COc1ccc(F)cc1N(C)CC1CCCNC1. The Bertz CT molecular complexity index is 391. The first-order valence-electron chi connectivity index (χ1n) is 6.46. The third kappa shape index (κ3) is 3.13. The van der Waals surface area contributed by atoms with Crippen molar-refractivity contribution in [3.05, 3.63) is 24.0 Å². The molecule has 18 heavy (non-hydrogen) atoms. The predicted octanol–water partition coefficient (Wildman–Crippen LogP) is 2.27. The van der Waals surface area contributed by atoms with Crippen LogP contribution < -0.4 is 15.0 Å². The number of rotatable bonds is 4. The summed E-state index contributed by atoms with van der Waals surface area (Å²) < 4.78 is 18.6. The molecule has 0 bridgehead atoms. The first-order chi connectivity index (χ1) is 8.70. The number of methoxy groups -OCH3 is 1. The summed E-state index contributed by atoms with van der Waals surface area (Å²) in [5.74, 6) is 1.12. The molecule has 1 aliphatic heterocycles. The van der Waals surface area contributed by atoms with Gasteiger partial charge in [-0.25, -0.2) is 4.39 Å². The quantitative estimate of drug-likeness (QED) is 0.889. The second-order valence-corrected chi connectivity index (χ2v) is 4.91. The van der Waals surface area contributed by atoms with Crippen LogP contribution in [0.1, 0.15) is 12.8 Å². The Morgan fingerprint density at radius 2 is 2.33 bits per heavy atom. The van der Waals surface area contributed by atoms with Crippen LogP contribution in [-0.4, -0.2) is 33.8 Å². The van der Waals surface area contributed by atoms with E-state index in [-0.39, 0.29) is 5.82 Å². The fourth-order valence-corrected chi connectivity index (χ4v) is 2.53. The number of anilines is 1. The molecular weight excluding hydrogens is 231 g/mol. The van der Waals surface area contributed by atoms with Crippen LogP contribution in [0.3, 0.4) is 0 Å². The summed E-state index contributed by atoms with van der Waals surface area (Å²) >= 11 is 0. The molecule has 100 valence electrons. The maximum Gasteiger partial charge on any atom is 0.142 e. The highest BCUT2D eigenvalue weighted by molar-refractivity contribution is 5.58. The Balaban J connectivity index is 2.07. The van der Waals surface area contributed by atoms with Crippen LogP contribution in [0.2, 0.25) is 0 Å². The van der Waals surface area contributed by atoms with E-state index >= 15 is 0 Å². The van der Waals surface area contributed by atoms with Gasteiger partial charge in [0.05, 0.1) is 12.8 Å². The van der Waals surface area contributed by atoms with Crippen LogP contribution in [0.5, 0.6) is 5.75 Å². The predicted molar refractivity (Wildman–Crippen MR) is 71.8 cm³/mol. The van der Waals surface area contributed by atoms with Gasteiger partial charge in [0.1, 0.15) is 11.6 Å². The molecule has 1 aromatic rings. The number of ether oxygens (including phenoxy) is 1. The summed E-state index contributed by atoms with van der Waals surface area (Å²) in [7, 11) is 3.61. The number of hydrogen-bond donors (Lipinski definition) is 1. The standard InChI is InChI=1S/C14H21FN2O/c1-17(10-11-4-3-7-16-9-11)13-8-12(15)5-6-14(13)18-2/h5-6,8,11,16H,3-4,7,9-10H2,1-2H3. The highest BCUT2D eigenvalue weighted by Crippen LogP contribution is 2.29. The van der Waals surface area contributed by atoms with E-state index in [1.165, 1.54) is 25.0 Å². The molecule has 0 spiro atoms. The minimum absolute atomic E-state index is 0.223.